The van der Waals surface area contributed by atoms with Crippen molar-refractivity contribution in [3.63, 3.8) is 0 Å². The Morgan fingerprint density at radius 3 is 2.81 bits per heavy atom. The van der Waals surface area contributed by atoms with E-state index < -0.39 is 0 Å². The zero-order valence-electron chi connectivity index (χ0n) is 18.9. The van der Waals surface area contributed by atoms with E-state index in [1.165, 1.54) is 37.1 Å². The summed E-state index contributed by atoms with van der Waals surface area (Å²) in [4.78, 5) is 17.9. The molecule has 0 spiro atoms. The quantitative estimate of drug-likeness (QED) is 0.511. The summed E-state index contributed by atoms with van der Waals surface area (Å²) in [7, 11) is 1.81. The lowest BCUT2D eigenvalue weighted by Gasteiger charge is -2.46. The van der Waals surface area contributed by atoms with Crippen molar-refractivity contribution >= 4 is 33.2 Å². The molecule has 5 rings (SSSR count). The molecule has 2 atom stereocenters. The average Bonchev–Trinajstić information content (AvgIpc) is 3.53. The fraction of sp³-hybridized carbons (Fsp3) is 0.739. The fourth-order valence-electron chi connectivity index (χ4n) is 5.13. The molecule has 3 aliphatic rings. The molecule has 2 aromatic heterocycles. The Morgan fingerprint density at radius 1 is 1.25 bits per heavy atom. The molecule has 1 saturated carbocycles. The summed E-state index contributed by atoms with van der Waals surface area (Å²) in [5.74, 6) is 0.909. The van der Waals surface area contributed by atoms with Gasteiger partial charge in [-0.1, -0.05) is 11.6 Å². The molecule has 9 heteroatoms. The number of fused-ring (bicyclic) bond motifs is 1. The highest BCUT2D eigenvalue weighted by Gasteiger charge is 2.36. The van der Waals surface area contributed by atoms with Gasteiger partial charge in [0, 0.05) is 63.5 Å². The molecule has 0 radical (unpaired) electrons. The first kappa shape index (κ1) is 22.9. The topological polar surface area (TPSA) is 54.0 Å². The van der Waals surface area contributed by atoms with E-state index in [9.17, 15) is 0 Å². The molecule has 176 valence electrons. The van der Waals surface area contributed by atoms with Gasteiger partial charge in [0.1, 0.15) is 11.9 Å². The van der Waals surface area contributed by atoms with Crippen molar-refractivity contribution in [3.05, 3.63) is 23.5 Å². The van der Waals surface area contributed by atoms with Crippen LogP contribution in [0, 0.1) is 5.92 Å². The highest BCUT2D eigenvalue weighted by molar-refractivity contribution is 7.19. The minimum absolute atomic E-state index is 0.219. The van der Waals surface area contributed by atoms with Crippen molar-refractivity contribution in [1.29, 1.82) is 0 Å². The molecule has 32 heavy (non-hydrogen) atoms. The summed E-state index contributed by atoms with van der Waals surface area (Å²) < 4.78 is 12.2. The van der Waals surface area contributed by atoms with Gasteiger partial charge in [-0.05, 0) is 37.7 Å². The molecule has 2 aromatic rings. The first-order valence-corrected chi connectivity index (χ1v) is 13.1. The van der Waals surface area contributed by atoms with Crippen molar-refractivity contribution in [1.82, 2.24) is 24.7 Å². The summed E-state index contributed by atoms with van der Waals surface area (Å²) in [5, 5.41) is 0. The van der Waals surface area contributed by atoms with Gasteiger partial charge >= 0.3 is 0 Å². The van der Waals surface area contributed by atoms with Crippen LogP contribution in [0.15, 0.2) is 18.6 Å². The molecule has 1 aliphatic carbocycles. The second kappa shape index (κ2) is 10.6. The van der Waals surface area contributed by atoms with E-state index in [2.05, 4.69) is 30.7 Å². The van der Waals surface area contributed by atoms with Crippen LogP contribution < -0.4 is 0 Å². The summed E-state index contributed by atoms with van der Waals surface area (Å²) in [6.07, 6.45) is 8.98. The molecule has 0 aromatic carbocycles. The zero-order chi connectivity index (χ0) is 21.9. The number of aromatic nitrogens is 2. The summed E-state index contributed by atoms with van der Waals surface area (Å²) in [5.41, 5.74) is 0.784. The van der Waals surface area contributed by atoms with Crippen molar-refractivity contribution in [2.75, 3.05) is 59.6 Å². The number of ether oxygens (including phenoxy) is 2. The Balaban J connectivity index is 1.32. The first-order chi connectivity index (χ1) is 15.7. The van der Waals surface area contributed by atoms with E-state index in [-0.39, 0.29) is 11.7 Å². The Labute approximate surface area is 199 Å². The van der Waals surface area contributed by atoms with Gasteiger partial charge in [0.25, 0.3) is 0 Å². The third kappa shape index (κ3) is 5.43. The molecule has 2 unspecified atom stereocenters. The number of likely N-dealkylation sites (tertiary alicyclic amines) is 1. The Hall–Kier alpha value is -0.870. The largest absolute Gasteiger partial charge is 0.383 e. The van der Waals surface area contributed by atoms with Gasteiger partial charge in [-0.15, -0.1) is 11.3 Å². The van der Waals surface area contributed by atoms with Gasteiger partial charge < -0.3 is 9.47 Å². The van der Waals surface area contributed by atoms with Crippen molar-refractivity contribution < 1.29 is 9.47 Å². The molecule has 0 bridgehead atoms. The summed E-state index contributed by atoms with van der Waals surface area (Å²) in [6, 6.07) is 2.90. The van der Waals surface area contributed by atoms with Gasteiger partial charge in [-0.3, -0.25) is 14.7 Å². The van der Waals surface area contributed by atoms with E-state index in [0.717, 1.165) is 55.5 Å². The van der Waals surface area contributed by atoms with Gasteiger partial charge in [0.05, 0.1) is 29.6 Å². The normalized spacial score (nSPS) is 25.0. The highest BCUT2D eigenvalue weighted by atomic mass is 35.5. The smallest absolute Gasteiger partial charge is 0.143 e. The van der Waals surface area contributed by atoms with E-state index >= 15 is 0 Å². The van der Waals surface area contributed by atoms with Gasteiger partial charge in [-0.2, -0.15) is 0 Å². The minimum Gasteiger partial charge on any atom is -0.383 e. The first-order valence-electron chi connectivity index (χ1n) is 11.9. The SMILES string of the molecule is COCCN(CC1CC1)C1CCN(C(c2cc3ncncc3s2)N2CCOC(Cl)C2)CC1. The standard InChI is InChI=1S/C23H34ClN5O2S/c1-30-10-8-28(14-17-2-3-17)18-4-6-27(7-5-18)23(29-9-11-31-22(24)15-29)20-12-19-21(32-20)13-25-16-26-19/h12-13,16-18,22-23H,2-11,14-15H2,1H3. The zero-order valence-corrected chi connectivity index (χ0v) is 20.4. The molecule has 3 fully saturated rings. The van der Waals surface area contributed by atoms with Crippen LogP contribution in [0.2, 0.25) is 0 Å². The second-order valence-electron chi connectivity index (χ2n) is 9.27. The minimum atomic E-state index is -0.249. The van der Waals surface area contributed by atoms with Crippen LogP contribution in [0.5, 0.6) is 0 Å². The van der Waals surface area contributed by atoms with E-state index in [1.54, 1.807) is 6.33 Å². The number of halogens is 1. The fourth-order valence-corrected chi connectivity index (χ4v) is 6.55. The monoisotopic (exact) mass is 479 g/mol. The number of nitrogens with zero attached hydrogens (tertiary/aromatic N) is 5. The van der Waals surface area contributed by atoms with Gasteiger partial charge in [0.15, 0.2) is 0 Å². The average molecular weight is 480 g/mol. The molecule has 0 amide bonds. The molecular weight excluding hydrogens is 446 g/mol. The number of hydrogen-bond donors (Lipinski definition) is 0. The van der Waals surface area contributed by atoms with Crippen LogP contribution >= 0.6 is 22.9 Å². The van der Waals surface area contributed by atoms with E-state index in [0.29, 0.717) is 12.6 Å². The molecule has 2 aliphatic heterocycles. The Kier molecular flexibility index (Phi) is 7.58. The third-order valence-corrected chi connectivity index (χ3v) is 8.37. The molecule has 4 heterocycles. The summed E-state index contributed by atoms with van der Waals surface area (Å²) in [6.45, 7) is 7.61. The lowest BCUT2D eigenvalue weighted by atomic mass is 10.0. The number of methoxy groups -OCH3 is 1. The van der Waals surface area contributed by atoms with Crippen molar-refractivity contribution in [2.45, 2.75) is 43.5 Å². The van der Waals surface area contributed by atoms with Crippen LogP contribution in [0.3, 0.4) is 0 Å². The van der Waals surface area contributed by atoms with Crippen LogP contribution in [-0.2, 0) is 9.47 Å². The summed E-state index contributed by atoms with van der Waals surface area (Å²) >= 11 is 8.22. The van der Waals surface area contributed by atoms with Gasteiger partial charge in [-0.25, -0.2) is 9.97 Å². The number of hydrogen-bond acceptors (Lipinski definition) is 8. The lowest BCUT2D eigenvalue weighted by Crippen LogP contribution is -2.52. The van der Waals surface area contributed by atoms with Crippen LogP contribution in [0.1, 0.15) is 36.7 Å². The van der Waals surface area contributed by atoms with Crippen molar-refractivity contribution in [2.24, 2.45) is 5.92 Å². The maximum absolute atomic E-state index is 6.41. The van der Waals surface area contributed by atoms with E-state index in [1.807, 2.05) is 24.6 Å². The molecular formula is C23H34ClN5O2S. The predicted octanol–water partition coefficient (Wildman–Crippen LogP) is 3.41. The molecule has 2 saturated heterocycles. The third-order valence-electron chi connectivity index (χ3n) is 7.00. The predicted molar refractivity (Wildman–Crippen MR) is 128 cm³/mol. The Morgan fingerprint density at radius 2 is 2.09 bits per heavy atom. The van der Waals surface area contributed by atoms with Crippen LogP contribution in [0.4, 0.5) is 0 Å². The number of thiophene rings is 1. The molecule has 7 nitrogen and oxygen atoms in total. The maximum Gasteiger partial charge on any atom is 0.143 e. The number of piperidine rings is 1. The van der Waals surface area contributed by atoms with Crippen LogP contribution in [-0.4, -0.2) is 95.9 Å². The number of rotatable bonds is 9. The van der Waals surface area contributed by atoms with Gasteiger partial charge in [0.2, 0.25) is 0 Å². The maximum atomic E-state index is 6.41. The Bertz CT molecular complexity index is 840. The number of morpholine rings is 1. The highest BCUT2D eigenvalue weighted by Crippen LogP contribution is 2.37. The second-order valence-corrected chi connectivity index (χ2v) is 10.9. The lowest BCUT2D eigenvalue weighted by molar-refractivity contribution is -0.0589. The van der Waals surface area contributed by atoms with Crippen LogP contribution in [0.25, 0.3) is 10.2 Å². The molecule has 0 N–H and O–H groups in total. The van der Waals surface area contributed by atoms with E-state index in [4.69, 9.17) is 21.1 Å². The van der Waals surface area contributed by atoms with Crippen molar-refractivity contribution in [3.8, 4) is 0 Å². The number of alkyl halides is 1.